The van der Waals surface area contributed by atoms with Crippen molar-refractivity contribution < 1.29 is 4.42 Å². The van der Waals surface area contributed by atoms with Gasteiger partial charge in [0.05, 0.1) is 6.04 Å². The van der Waals surface area contributed by atoms with E-state index in [-0.39, 0.29) is 6.04 Å². The van der Waals surface area contributed by atoms with E-state index in [1.54, 1.807) is 6.92 Å². The normalized spacial score (nSPS) is 12.4. The third kappa shape index (κ3) is 2.04. The molecule has 0 amide bonds. The summed E-state index contributed by atoms with van der Waals surface area (Å²) in [4.78, 5) is 1.82. The molecule has 5 nitrogen and oxygen atoms in total. The largest absolute Gasteiger partial charge is 0.406 e. The maximum Gasteiger partial charge on any atom is 0.322 e. The average Bonchev–Trinajstić information content (AvgIpc) is 2.78. The van der Waals surface area contributed by atoms with Crippen LogP contribution in [0.25, 0.3) is 0 Å². The number of hydrogen-bond acceptors (Lipinski definition) is 5. The summed E-state index contributed by atoms with van der Waals surface area (Å²) in [7, 11) is 1.87. The Morgan fingerprint density at radius 2 is 1.94 bits per heavy atom. The molecule has 1 aromatic carbocycles. The van der Waals surface area contributed by atoms with E-state index in [1.807, 2.05) is 42.3 Å². The Labute approximate surface area is 93.9 Å². The molecule has 2 N–H and O–H groups in total. The first kappa shape index (κ1) is 10.6. The van der Waals surface area contributed by atoms with E-state index in [1.165, 1.54) is 0 Å². The van der Waals surface area contributed by atoms with E-state index in [9.17, 15) is 0 Å². The van der Waals surface area contributed by atoms with Crippen LogP contribution >= 0.6 is 0 Å². The van der Waals surface area contributed by atoms with Crippen molar-refractivity contribution in [1.82, 2.24) is 10.2 Å². The van der Waals surface area contributed by atoms with Crippen molar-refractivity contribution in [3.8, 4) is 0 Å². The summed E-state index contributed by atoms with van der Waals surface area (Å²) in [5.74, 6) is 0.442. The molecular weight excluding hydrogens is 204 g/mol. The van der Waals surface area contributed by atoms with Crippen LogP contribution in [-0.2, 0) is 0 Å². The second kappa shape index (κ2) is 4.32. The minimum absolute atomic E-state index is 0.245. The van der Waals surface area contributed by atoms with E-state index in [0.29, 0.717) is 11.9 Å². The predicted octanol–water partition coefficient (Wildman–Crippen LogP) is 1.86. The third-order valence-corrected chi connectivity index (χ3v) is 2.25. The van der Waals surface area contributed by atoms with E-state index in [2.05, 4.69) is 10.2 Å². The number of rotatable bonds is 3. The van der Waals surface area contributed by atoms with Crippen LogP contribution in [0, 0.1) is 0 Å². The van der Waals surface area contributed by atoms with Crippen molar-refractivity contribution in [2.75, 3.05) is 11.9 Å². The Kier molecular flexibility index (Phi) is 2.87. The highest BCUT2D eigenvalue weighted by molar-refractivity contribution is 5.54. The van der Waals surface area contributed by atoms with Gasteiger partial charge in [0.1, 0.15) is 0 Å². The smallest absolute Gasteiger partial charge is 0.322 e. The van der Waals surface area contributed by atoms with Crippen LogP contribution in [0.1, 0.15) is 18.9 Å². The highest BCUT2D eigenvalue weighted by atomic mass is 16.4. The zero-order valence-corrected chi connectivity index (χ0v) is 9.29. The van der Waals surface area contributed by atoms with Gasteiger partial charge in [-0.15, -0.1) is 5.10 Å². The predicted molar refractivity (Wildman–Crippen MR) is 61.4 cm³/mol. The average molecular weight is 218 g/mol. The summed E-state index contributed by atoms with van der Waals surface area (Å²) in [5, 5.41) is 7.82. The van der Waals surface area contributed by atoms with E-state index >= 15 is 0 Å². The lowest BCUT2D eigenvalue weighted by Gasteiger charge is -2.13. The standard InChI is InChI=1S/C11H14N4O/c1-8(12)10-13-14-11(16-10)15(2)9-6-4-3-5-7-9/h3-8H,12H2,1-2H3. The molecule has 0 aliphatic rings. The van der Waals surface area contributed by atoms with Crippen LogP contribution in [0.3, 0.4) is 0 Å². The second-order valence-corrected chi connectivity index (χ2v) is 3.61. The van der Waals surface area contributed by atoms with Crippen molar-refractivity contribution in [2.24, 2.45) is 5.73 Å². The fourth-order valence-corrected chi connectivity index (χ4v) is 1.31. The summed E-state index contributed by atoms with van der Waals surface area (Å²) >= 11 is 0. The number of anilines is 2. The number of aromatic nitrogens is 2. The maximum absolute atomic E-state index is 5.65. The van der Waals surface area contributed by atoms with Gasteiger partial charge in [-0.3, -0.25) is 4.90 Å². The first-order chi connectivity index (χ1) is 7.68. The van der Waals surface area contributed by atoms with E-state index < -0.39 is 0 Å². The fraction of sp³-hybridized carbons (Fsp3) is 0.273. The lowest BCUT2D eigenvalue weighted by atomic mass is 10.3. The highest BCUT2D eigenvalue weighted by Gasteiger charge is 2.14. The van der Waals surface area contributed by atoms with Crippen LogP contribution in [0.5, 0.6) is 0 Å². The van der Waals surface area contributed by atoms with Gasteiger partial charge < -0.3 is 10.2 Å². The van der Waals surface area contributed by atoms with Crippen LogP contribution in [0.2, 0.25) is 0 Å². The van der Waals surface area contributed by atoms with Gasteiger partial charge in [-0.05, 0) is 19.1 Å². The fourth-order valence-electron chi connectivity index (χ4n) is 1.31. The van der Waals surface area contributed by atoms with E-state index in [4.69, 9.17) is 10.2 Å². The molecule has 5 heteroatoms. The van der Waals surface area contributed by atoms with Gasteiger partial charge in [0.15, 0.2) is 0 Å². The number of nitrogens with zero attached hydrogens (tertiary/aromatic N) is 3. The molecular formula is C11H14N4O. The monoisotopic (exact) mass is 218 g/mol. The van der Waals surface area contributed by atoms with Crippen LogP contribution in [0.4, 0.5) is 11.7 Å². The zero-order valence-electron chi connectivity index (χ0n) is 9.29. The highest BCUT2D eigenvalue weighted by Crippen LogP contribution is 2.22. The minimum Gasteiger partial charge on any atom is -0.406 e. The maximum atomic E-state index is 5.65. The Morgan fingerprint density at radius 1 is 1.25 bits per heavy atom. The first-order valence-electron chi connectivity index (χ1n) is 5.06. The van der Waals surface area contributed by atoms with Gasteiger partial charge in [-0.25, -0.2) is 0 Å². The van der Waals surface area contributed by atoms with Crippen LogP contribution in [-0.4, -0.2) is 17.2 Å². The first-order valence-corrected chi connectivity index (χ1v) is 5.06. The molecule has 0 saturated heterocycles. The summed E-state index contributed by atoms with van der Waals surface area (Å²) in [5.41, 5.74) is 6.64. The van der Waals surface area contributed by atoms with Crippen molar-refractivity contribution in [2.45, 2.75) is 13.0 Å². The van der Waals surface area contributed by atoms with Gasteiger partial charge >= 0.3 is 6.01 Å². The molecule has 1 aromatic heterocycles. The molecule has 2 aromatic rings. The molecule has 16 heavy (non-hydrogen) atoms. The molecule has 1 heterocycles. The molecule has 0 saturated carbocycles. The third-order valence-electron chi connectivity index (χ3n) is 2.25. The van der Waals surface area contributed by atoms with Crippen molar-refractivity contribution in [3.05, 3.63) is 36.2 Å². The van der Waals surface area contributed by atoms with Crippen molar-refractivity contribution >= 4 is 11.7 Å². The zero-order chi connectivity index (χ0) is 11.5. The SMILES string of the molecule is CC(N)c1nnc(N(C)c2ccccc2)o1. The summed E-state index contributed by atoms with van der Waals surface area (Å²) in [6, 6.07) is 10.00. The Morgan fingerprint density at radius 3 is 2.50 bits per heavy atom. The van der Waals surface area contributed by atoms with Gasteiger partial charge in [0, 0.05) is 12.7 Å². The number of nitrogens with two attached hydrogens (primary N) is 1. The van der Waals surface area contributed by atoms with Gasteiger partial charge in [-0.2, -0.15) is 0 Å². The van der Waals surface area contributed by atoms with Gasteiger partial charge in [0.2, 0.25) is 5.89 Å². The molecule has 0 fully saturated rings. The van der Waals surface area contributed by atoms with Crippen LogP contribution < -0.4 is 10.6 Å². The number of benzene rings is 1. The topological polar surface area (TPSA) is 68.2 Å². The lowest BCUT2D eigenvalue weighted by Crippen LogP contribution is -2.09. The minimum atomic E-state index is -0.245. The molecule has 84 valence electrons. The summed E-state index contributed by atoms with van der Waals surface area (Å²) in [6.07, 6.45) is 0. The molecule has 2 rings (SSSR count). The quantitative estimate of drug-likeness (QED) is 0.851. The Hall–Kier alpha value is -1.88. The molecule has 1 atom stereocenters. The molecule has 0 aliphatic heterocycles. The molecule has 0 radical (unpaired) electrons. The van der Waals surface area contributed by atoms with Crippen molar-refractivity contribution in [1.29, 1.82) is 0 Å². The molecule has 1 unspecified atom stereocenters. The molecule has 0 bridgehead atoms. The molecule has 0 spiro atoms. The van der Waals surface area contributed by atoms with E-state index in [0.717, 1.165) is 5.69 Å². The molecule has 0 aliphatic carbocycles. The van der Waals surface area contributed by atoms with Gasteiger partial charge in [-0.1, -0.05) is 23.3 Å². The lowest BCUT2D eigenvalue weighted by molar-refractivity contribution is 0.467. The Balaban J connectivity index is 2.24. The van der Waals surface area contributed by atoms with Gasteiger partial charge in [0.25, 0.3) is 0 Å². The summed E-state index contributed by atoms with van der Waals surface area (Å²) in [6.45, 7) is 1.81. The van der Waals surface area contributed by atoms with Crippen molar-refractivity contribution in [3.63, 3.8) is 0 Å². The Bertz CT molecular complexity index is 452. The second-order valence-electron chi connectivity index (χ2n) is 3.61. The summed E-state index contributed by atoms with van der Waals surface area (Å²) < 4.78 is 5.44. The van der Waals surface area contributed by atoms with Crippen LogP contribution in [0.15, 0.2) is 34.7 Å². The number of para-hydroxylation sites is 1. The number of hydrogen-bond donors (Lipinski definition) is 1.